The smallest absolute Gasteiger partial charge is 0.274 e. The zero-order chi connectivity index (χ0) is 18.4. The first-order valence-corrected chi connectivity index (χ1v) is 7.94. The molecule has 0 aliphatic carbocycles. The summed E-state index contributed by atoms with van der Waals surface area (Å²) in [6, 6.07) is 18.9. The second-order valence-electron chi connectivity index (χ2n) is 5.40. The molecule has 0 unspecified atom stereocenters. The van der Waals surface area contributed by atoms with Gasteiger partial charge in [0.15, 0.2) is 0 Å². The molecule has 2 N–H and O–H groups in total. The minimum Gasteiger partial charge on any atom is -0.497 e. The number of aromatic nitrogens is 1. The number of ether oxygens (including phenoxy) is 1. The maximum atomic E-state index is 12.6. The van der Waals surface area contributed by atoms with Gasteiger partial charge in [0.1, 0.15) is 11.4 Å². The van der Waals surface area contributed by atoms with E-state index in [4.69, 9.17) is 4.74 Å². The van der Waals surface area contributed by atoms with Crippen LogP contribution in [0, 0.1) is 0 Å². The number of hydrogen-bond donors (Lipinski definition) is 2. The Kier molecular flexibility index (Phi) is 5.24. The Labute approximate surface area is 150 Å². The first-order chi connectivity index (χ1) is 12.7. The van der Waals surface area contributed by atoms with Gasteiger partial charge in [0.2, 0.25) is 0 Å². The Morgan fingerprint density at radius 2 is 1.69 bits per heavy atom. The molecule has 0 spiro atoms. The van der Waals surface area contributed by atoms with Crippen LogP contribution in [0.5, 0.6) is 5.75 Å². The van der Waals surface area contributed by atoms with Crippen LogP contribution in [0.2, 0.25) is 0 Å². The molecule has 3 aromatic rings. The molecule has 0 bridgehead atoms. The third-order valence-electron chi connectivity index (χ3n) is 3.65. The van der Waals surface area contributed by atoms with Gasteiger partial charge in [-0.05, 0) is 36.4 Å². The van der Waals surface area contributed by atoms with E-state index in [1.807, 2.05) is 0 Å². The number of rotatable bonds is 5. The topological polar surface area (TPSA) is 80.3 Å². The molecule has 26 heavy (non-hydrogen) atoms. The van der Waals surface area contributed by atoms with Crippen molar-refractivity contribution in [1.29, 1.82) is 0 Å². The Balaban J connectivity index is 1.80. The van der Waals surface area contributed by atoms with Gasteiger partial charge in [-0.15, -0.1) is 0 Å². The zero-order valence-electron chi connectivity index (χ0n) is 14.1. The van der Waals surface area contributed by atoms with E-state index in [1.54, 1.807) is 73.8 Å². The molecule has 2 aromatic carbocycles. The number of nitrogens with one attached hydrogen (secondary N) is 2. The highest BCUT2D eigenvalue weighted by Gasteiger charge is 2.15. The number of para-hydroxylation sites is 1. The van der Waals surface area contributed by atoms with Crippen LogP contribution in [-0.4, -0.2) is 23.9 Å². The number of nitrogens with zero attached hydrogens (tertiary/aromatic N) is 1. The summed E-state index contributed by atoms with van der Waals surface area (Å²) in [4.78, 5) is 29.0. The van der Waals surface area contributed by atoms with Crippen molar-refractivity contribution in [1.82, 2.24) is 4.98 Å². The molecule has 0 atom stereocenters. The van der Waals surface area contributed by atoms with Crippen molar-refractivity contribution in [2.24, 2.45) is 0 Å². The van der Waals surface area contributed by atoms with Crippen molar-refractivity contribution in [3.63, 3.8) is 0 Å². The van der Waals surface area contributed by atoms with Crippen molar-refractivity contribution < 1.29 is 14.3 Å². The van der Waals surface area contributed by atoms with E-state index in [9.17, 15) is 9.59 Å². The van der Waals surface area contributed by atoms with Gasteiger partial charge in [-0.1, -0.05) is 24.3 Å². The molecule has 0 aliphatic heterocycles. The number of carbonyl (C=O) groups excluding carboxylic acids is 2. The van der Waals surface area contributed by atoms with Crippen LogP contribution in [0.3, 0.4) is 0 Å². The van der Waals surface area contributed by atoms with Gasteiger partial charge in [-0.2, -0.15) is 0 Å². The molecule has 0 saturated heterocycles. The predicted octanol–water partition coefficient (Wildman–Crippen LogP) is 3.59. The van der Waals surface area contributed by atoms with E-state index in [1.165, 1.54) is 6.20 Å². The summed E-state index contributed by atoms with van der Waals surface area (Å²) in [6.07, 6.45) is 1.54. The standard InChI is InChI=1S/C20H17N3O3/c1-26-15-8-6-7-14(13-15)22-19(24)16-9-2-3-10-17(16)23-20(25)18-11-4-5-12-21-18/h2-13H,1H3,(H,22,24)(H,23,25). The van der Waals surface area contributed by atoms with Gasteiger partial charge in [0.25, 0.3) is 11.8 Å². The fraction of sp³-hybridized carbons (Fsp3) is 0.0500. The number of carbonyl (C=O) groups is 2. The molecule has 0 fully saturated rings. The monoisotopic (exact) mass is 347 g/mol. The highest BCUT2D eigenvalue weighted by atomic mass is 16.5. The van der Waals surface area contributed by atoms with Crippen molar-refractivity contribution in [3.05, 3.63) is 84.2 Å². The van der Waals surface area contributed by atoms with Crippen LogP contribution >= 0.6 is 0 Å². The minimum absolute atomic E-state index is 0.274. The molecule has 1 heterocycles. The number of hydrogen-bond acceptors (Lipinski definition) is 4. The van der Waals surface area contributed by atoms with Gasteiger partial charge in [-0.3, -0.25) is 14.6 Å². The van der Waals surface area contributed by atoms with Gasteiger partial charge < -0.3 is 15.4 Å². The Hall–Kier alpha value is -3.67. The summed E-state index contributed by atoms with van der Waals surface area (Å²) in [7, 11) is 1.56. The van der Waals surface area contributed by atoms with Gasteiger partial charge in [-0.25, -0.2) is 0 Å². The van der Waals surface area contributed by atoms with Crippen LogP contribution in [0.4, 0.5) is 11.4 Å². The average Bonchev–Trinajstić information content (AvgIpc) is 2.69. The molecule has 0 aliphatic rings. The second-order valence-corrected chi connectivity index (χ2v) is 5.40. The van der Waals surface area contributed by atoms with Crippen LogP contribution < -0.4 is 15.4 Å². The number of methoxy groups -OCH3 is 1. The Morgan fingerprint density at radius 3 is 2.46 bits per heavy atom. The van der Waals surface area contributed by atoms with Crippen LogP contribution in [0.1, 0.15) is 20.8 Å². The van der Waals surface area contributed by atoms with Crippen LogP contribution in [0.25, 0.3) is 0 Å². The number of benzene rings is 2. The zero-order valence-corrected chi connectivity index (χ0v) is 14.1. The number of anilines is 2. The molecular formula is C20H17N3O3. The van der Waals surface area contributed by atoms with E-state index >= 15 is 0 Å². The summed E-state index contributed by atoms with van der Waals surface area (Å²) in [5, 5.41) is 5.53. The lowest BCUT2D eigenvalue weighted by atomic mass is 10.1. The lowest BCUT2D eigenvalue weighted by Crippen LogP contribution is -2.18. The van der Waals surface area contributed by atoms with Crippen molar-refractivity contribution in [2.75, 3.05) is 17.7 Å². The third-order valence-corrected chi connectivity index (χ3v) is 3.65. The average molecular weight is 347 g/mol. The van der Waals surface area contributed by atoms with Gasteiger partial charge in [0.05, 0.1) is 18.4 Å². The fourth-order valence-electron chi connectivity index (χ4n) is 2.37. The number of amides is 2. The molecule has 130 valence electrons. The van der Waals surface area contributed by atoms with Gasteiger partial charge >= 0.3 is 0 Å². The quantitative estimate of drug-likeness (QED) is 0.739. The van der Waals surface area contributed by atoms with E-state index in [2.05, 4.69) is 15.6 Å². The largest absolute Gasteiger partial charge is 0.497 e. The Morgan fingerprint density at radius 1 is 0.885 bits per heavy atom. The van der Waals surface area contributed by atoms with E-state index in [0.29, 0.717) is 22.7 Å². The lowest BCUT2D eigenvalue weighted by molar-refractivity contribution is 0.102. The summed E-state index contributed by atoms with van der Waals surface area (Å²) in [6.45, 7) is 0. The minimum atomic E-state index is -0.382. The maximum Gasteiger partial charge on any atom is 0.274 e. The summed E-state index contributed by atoms with van der Waals surface area (Å²) >= 11 is 0. The van der Waals surface area contributed by atoms with E-state index in [0.717, 1.165) is 0 Å². The fourth-order valence-corrected chi connectivity index (χ4v) is 2.37. The van der Waals surface area contributed by atoms with Gasteiger partial charge in [0, 0.05) is 18.0 Å². The molecular weight excluding hydrogens is 330 g/mol. The Bertz CT molecular complexity index is 926. The molecule has 1 aromatic heterocycles. The molecule has 2 amide bonds. The molecule has 6 nitrogen and oxygen atoms in total. The van der Waals surface area contributed by atoms with E-state index in [-0.39, 0.29) is 17.5 Å². The van der Waals surface area contributed by atoms with Crippen molar-refractivity contribution >= 4 is 23.2 Å². The molecule has 0 radical (unpaired) electrons. The third kappa shape index (κ3) is 4.05. The highest BCUT2D eigenvalue weighted by Crippen LogP contribution is 2.20. The maximum absolute atomic E-state index is 12.6. The molecule has 0 saturated carbocycles. The number of pyridine rings is 1. The first-order valence-electron chi connectivity index (χ1n) is 7.94. The van der Waals surface area contributed by atoms with Crippen LogP contribution in [0.15, 0.2) is 72.9 Å². The van der Waals surface area contributed by atoms with Crippen molar-refractivity contribution in [3.8, 4) is 5.75 Å². The molecule has 3 rings (SSSR count). The van der Waals surface area contributed by atoms with Crippen LogP contribution in [-0.2, 0) is 0 Å². The van der Waals surface area contributed by atoms with E-state index < -0.39 is 0 Å². The predicted molar refractivity (Wildman–Crippen MR) is 99.6 cm³/mol. The highest BCUT2D eigenvalue weighted by molar-refractivity contribution is 6.12. The lowest BCUT2D eigenvalue weighted by Gasteiger charge is -2.12. The van der Waals surface area contributed by atoms with Crippen molar-refractivity contribution in [2.45, 2.75) is 0 Å². The second kappa shape index (κ2) is 7.94. The summed E-state index contributed by atoms with van der Waals surface area (Å²) < 4.78 is 5.15. The normalized spacial score (nSPS) is 10.0. The molecule has 6 heteroatoms. The summed E-state index contributed by atoms with van der Waals surface area (Å²) in [5.74, 6) is -0.0815. The summed E-state index contributed by atoms with van der Waals surface area (Å²) in [5.41, 5.74) is 1.62. The SMILES string of the molecule is COc1cccc(NC(=O)c2ccccc2NC(=O)c2ccccn2)c1. The first kappa shape index (κ1) is 17.2.